The number of rotatable bonds is 4. The Labute approximate surface area is 122 Å². The number of Topliss-reactive ketones (excluding diaryl/α,β-unsaturated/α-hetero) is 1. The maximum absolute atomic E-state index is 12.5. The molecule has 2 rings (SSSR count). The molecule has 0 saturated carbocycles. The van der Waals surface area contributed by atoms with E-state index < -0.39 is 15.6 Å². The van der Waals surface area contributed by atoms with Crippen molar-refractivity contribution in [3.05, 3.63) is 24.3 Å². The predicted octanol–water partition coefficient (Wildman–Crippen LogP) is 2.49. The van der Waals surface area contributed by atoms with Gasteiger partial charge in [0.05, 0.1) is 4.90 Å². The molecule has 21 heavy (non-hydrogen) atoms. The van der Waals surface area contributed by atoms with Crippen LogP contribution in [0.1, 0.15) is 19.8 Å². The summed E-state index contributed by atoms with van der Waals surface area (Å²) in [6, 6.07) is 5.40. The van der Waals surface area contributed by atoms with Crippen molar-refractivity contribution in [2.45, 2.75) is 30.4 Å². The van der Waals surface area contributed by atoms with Crippen LogP contribution in [0.25, 0.3) is 0 Å². The maximum Gasteiger partial charge on any atom is 0.341 e. The first kappa shape index (κ1) is 15.9. The van der Waals surface area contributed by atoms with E-state index in [2.05, 4.69) is 0 Å². The van der Waals surface area contributed by atoms with Crippen LogP contribution in [0, 0.1) is 5.92 Å². The van der Waals surface area contributed by atoms with Crippen molar-refractivity contribution in [2.75, 3.05) is 18.0 Å². The van der Waals surface area contributed by atoms with Gasteiger partial charge in [0.15, 0.2) is 0 Å². The zero-order valence-corrected chi connectivity index (χ0v) is 12.4. The number of hydrogen-bond donors (Lipinski definition) is 0. The van der Waals surface area contributed by atoms with Gasteiger partial charge in [0.25, 0.3) is 0 Å². The number of hydrogen-bond acceptors (Lipinski definition) is 4. The lowest BCUT2D eigenvalue weighted by molar-refractivity contribution is -0.120. The number of anilines is 1. The summed E-state index contributed by atoms with van der Waals surface area (Å²) in [5, 5.41) is 0. The Morgan fingerprint density at radius 3 is 2.43 bits per heavy atom. The van der Waals surface area contributed by atoms with E-state index in [1.165, 1.54) is 24.3 Å². The largest absolute Gasteiger partial charge is 0.371 e. The molecule has 1 saturated heterocycles. The highest BCUT2D eigenvalue weighted by molar-refractivity contribution is 7.91. The van der Waals surface area contributed by atoms with Crippen molar-refractivity contribution in [3.8, 4) is 0 Å². The molecule has 0 radical (unpaired) electrons. The van der Waals surface area contributed by atoms with Crippen LogP contribution in [-0.2, 0) is 14.6 Å². The number of ketones is 1. The molecule has 0 N–H and O–H groups in total. The molecule has 0 spiro atoms. The Morgan fingerprint density at radius 1 is 1.29 bits per heavy atom. The summed E-state index contributed by atoms with van der Waals surface area (Å²) in [6.45, 7) is 2.91. The molecule has 1 aliphatic rings. The molecule has 4 nitrogen and oxygen atoms in total. The molecule has 1 aromatic carbocycles. The van der Waals surface area contributed by atoms with E-state index in [1.807, 2.05) is 4.90 Å². The van der Waals surface area contributed by atoms with E-state index >= 15 is 0 Å². The Kier molecular flexibility index (Phi) is 4.61. The smallest absolute Gasteiger partial charge is 0.341 e. The van der Waals surface area contributed by atoms with Gasteiger partial charge in [0.1, 0.15) is 5.78 Å². The van der Waals surface area contributed by atoms with Gasteiger partial charge in [-0.05, 0) is 44.0 Å². The van der Waals surface area contributed by atoms with E-state index in [4.69, 9.17) is 0 Å². The number of benzene rings is 1. The van der Waals surface area contributed by atoms with Crippen LogP contribution in [-0.4, -0.2) is 33.0 Å². The minimum absolute atomic E-state index is 0.0248. The Balaban J connectivity index is 2.18. The predicted molar refractivity (Wildman–Crippen MR) is 75.2 cm³/mol. The molecule has 1 fully saturated rings. The first-order chi connectivity index (χ1) is 9.82. The van der Waals surface area contributed by atoms with Crippen LogP contribution in [0.5, 0.6) is 0 Å². The van der Waals surface area contributed by atoms with Gasteiger partial charge in [-0.3, -0.25) is 4.79 Å². The van der Waals surface area contributed by atoms with Gasteiger partial charge in [-0.1, -0.05) is 0 Å². The van der Waals surface area contributed by atoms with Gasteiger partial charge in [-0.25, -0.2) is 8.42 Å². The van der Waals surface area contributed by atoms with Crippen LogP contribution in [0.4, 0.5) is 14.5 Å². The summed E-state index contributed by atoms with van der Waals surface area (Å²) < 4.78 is 47.6. The molecule has 116 valence electrons. The second kappa shape index (κ2) is 6.09. The SMILES string of the molecule is CC(=O)C1CCCN(c2ccc(S(=O)(=O)C(F)F)cc2)C1. The van der Waals surface area contributed by atoms with Crippen molar-refractivity contribution >= 4 is 21.3 Å². The van der Waals surface area contributed by atoms with Crippen molar-refractivity contribution in [1.29, 1.82) is 0 Å². The lowest BCUT2D eigenvalue weighted by Gasteiger charge is -2.33. The monoisotopic (exact) mass is 317 g/mol. The molecule has 0 amide bonds. The Hall–Kier alpha value is -1.50. The summed E-state index contributed by atoms with van der Waals surface area (Å²) in [7, 11) is -4.55. The molecular formula is C14H17F2NO3S. The van der Waals surface area contributed by atoms with Crippen molar-refractivity contribution in [1.82, 2.24) is 0 Å². The fourth-order valence-electron chi connectivity index (χ4n) is 2.49. The first-order valence-corrected chi connectivity index (χ1v) is 8.24. The van der Waals surface area contributed by atoms with Gasteiger partial charge < -0.3 is 4.90 Å². The zero-order valence-electron chi connectivity index (χ0n) is 11.6. The van der Waals surface area contributed by atoms with Gasteiger partial charge in [0, 0.05) is 24.7 Å². The second-order valence-corrected chi connectivity index (χ2v) is 7.11. The molecule has 0 aliphatic carbocycles. The summed E-state index contributed by atoms with van der Waals surface area (Å²) in [5.74, 6) is -3.31. The highest BCUT2D eigenvalue weighted by atomic mass is 32.2. The van der Waals surface area contributed by atoms with Crippen LogP contribution in [0.3, 0.4) is 0 Å². The van der Waals surface area contributed by atoms with Crippen molar-refractivity contribution in [2.24, 2.45) is 5.92 Å². The van der Waals surface area contributed by atoms with E-state index in [9.17, 15) is 22.0 Å². The maximum atomic E-state index is 12.5. The van der Waals surface area contributed by atoms with Crippen molar-refractivity contribution < 1.29 is 22.0 Å². The van der Waals surface area contributed by atoms with Crippen LogP contribution in [0.15, 0.2) is 29.2 Å². The summed E-state index contributed by atoms with van der Waals surface area (Å²) in [5.41, 5.74) is 0.745. The van der Waals surface area contributed by atoms with E-state index in [-0.39, 0.29) is 16.6 Å². The second-order valence-electron chi connectivity index (χ2n) is 5.20. The first-order valence-electron chi connectivity index (χ1n) is 6.70. The Bertz CT molecular complexity index is 614. The minimum atomic E-state index is -4.55. The summed E-state index contributed by atoms with van der Waals surface area (Å²) in [6.07, 6.45) is 1.73. The standard InChI is InChI=1S/C14H17F2NO3S/c1-10(18)11-3-2-8-17(9-11)12-4-6-13(7-5-12)21(19,20)14(15)16/h4-7,11,14H,2-3,8-9H2,1H3. The van der Waals surface area contributed by atoms with E-state index in [0.717, 1.165) is 25.1 Å². The van der Waals surface area contributed by atoms with Crippen LogP contribution in [0.2, 0.25) is 0 Å². The van der Waals surface area contributed by atoms with Gasteiger partial charge in [-0.15, -0.1) is 0 Å². The van der Waals surface area contributed by atoms with E-state index in [0.29, 0.717) is 6.54 Å². The zero-order chi connectivity index (χ0) is 15.6. The highest BCUT2D eigenvalue weighted by Crippen LogP contribution is 2.26. The molecule has 0 bridgehead atoms. The third-order valence-electron chi connectivity index (χ3n) is 3.76. The van der Waals surface area contributed by atoms with Crippen LogP contribution < -0.4 is 4.90 Å². The molecular weight excluding hydrogens is 300 g/mol. The lowest BCUT2D eigenvalue weighted by Crippen LogP contribution is -2.38. The van der Waals surface area contributed by atoms with E-state index in [1.54, 1.807) is 6.92 Å². The van der Waals surface area contributed by atoms with Gasteiger partial charge in [0.2, 0.25) is 9.84 Å². The number of halogens is 2. The topological polar surface area (TPSA) is 54.5 Å². The number of piperidine rings is 1. The molecule has 1 atom stereocenters. The molecule has 1 heterocycles. The highest BCUT2D eigenvalue weighted by Gasteiger charge is 2.27. The quantitative estimate of drug-likeness (QED) is 0.856. The lowest BCUT2D eigenvalue weighted by atomic mass is 9.94. The summed E-state index contributed by atoms with van der Waals surface area (Å²) >= 11 is 0. The summed E-state index contributed by atoms with van der Waals surface area (Å²) in [4.78, 5) is 13.0. The fourth-order valence-corrected chi connectivity index (χ4v) is 3.21. The molecule has 1 aromatic rings. The molecule has 7 heteroatoms. The van der Waals surface area contributed by atoms with Gasteiger partial charge >= 0.3 is 5.76 Å². The molecule has 1 aliphatic heterocycles. The number of nitrogens with zero attached hydrogens (tertiary/aromatic N) is 1. The molecule has 1 unspecified atom stereocenters. The van der Waals surface area contributed by atoms with Crippen molar-refractivity contribution in [3.63, 3.8) is 0 Å². The number of carbonyl (C=O) groups is 1. The number of carbonyl (C=O) groups excluding carboxylic acids is 1. The van der Waals surface area contributed by atoms with Gasteiger partial charge in [-0.2, -0.15) is 8.78 Å². The minimum Gasteiger partial charge on any atom is -0.371 e. The van der Waals surface area contributed by atoms with Crippen LogP contribution >= 0.6 is 0 Å². The normalized spacial score (nSPS) is 19.8. The Morgan fingerprint density at radius 2 is 1.90 bits per heavy atom. The molecule has 0 aromatic heterocycles. The number of sulfone groups is 1. The number of alkyl halides is 2. The average Bonchev–Trinajstić information content (AvgIpc) is 2.47. The third kappa shape index (κ3) is 3.40. The third-order valence-corrected chi connectivity index (χ3v) is 5.16. The average molecular weight is 317 g/mol. The fraction of sp³-hybridized carbons (Fsp3) is 0.500.